The molecular weight excluding hydrogens is 306 g/mol. The van der Waals surface area contributed by atoms with Crippen molar-refractivity contribution >= 4 is 5.97 Å². The van der Waals surface area contributed by atoms with Gasteiger partial charge in [0, 0.05) is 25.4 Å². The van der Waals surface area contributed by atoms with Crippen LogP contribution in [0, 0.1) is 11.8 Å². The summed E-state index contributed by atoms with van der Waals surface area (Å²) in [5.74, 6) is 0.531. The number of nitrogens with one attached hydrogen (secondary N) is 1. The first kappa shape index (κ1) is 19.7. The highest BCUT2D eigenvalue weighted by Gasteiger charge is 2.47. The summed E-state index contributed by atoms with van der Waals surface area (Å²) in [6.45, 7) is 3.73. The lowest BCUT2D eigenvalue weighted by Crippen LogP contribution is -2.38. The van der Waals surface area contributed by atoms with Gasteiger partial charge < -0.3 is 20.3 Å². The van der Waals surface area contributed by atoms with E-state index in [1.165, 1.54) is 25.7 Å². The zero-order valence-corrected chi connectivity index (χ0v) is 15.1. The predicted octanol–water partition coefficient (Wildman–Crippen LogP) is 2.96. The Balaban J connectivity index is 1.65. The van der Waals surface area contributed by atoms with Crippen molar-refractivity contribution in [2.24, 2.45) is 11.8 Å². The number of ether oxygens (including phenoxy) is 1. The maximum Gasteiger partial charge on any atom is 0.303 e. The number of carbonyl (C=O) groups is 1. The standard InChI is InChI=1S/C19H35NO4/c1-2-7-14(21)12-20-13-16-15(17-10-11-18(16)24-17)8-5-3-4-6-9-19(22)23/h14-18,20-21H,2-13H2,1H3,(H,22,23). The van der Waals surface area contributed by atoms with Crippen LogP contribution in [0.25, 0.3) is 0 Å². The minimum absolute atomic E-state index is 0.234. The number of carboxylic acids is 1. The van der Waals surface area contributed by atoms with E-state index in [4.69, 9.17) is 9.84 Å². The number of aliphatic hydroxyl groups excluding tert-OH is 1. The van der Waals surface area contributed by atoms with Crippen LogP contribution >= 0.6 is 0 Å². The molecule has 0 aromatic heterocycles. The van der Waals surface area contributed by atoms with E-state index in [1.807, 2.05) is 0 Å². The fourth-order valence-electron chi connectivity index (χ4n) is 4.42. The second kappa shape index (κ2) is 10.4. The Morgan fingerprint density at radius 1 is 1.17 bits per heavy atom. The Morgan fingerprint density at radius 2 is 1.88 bits per heavy atom. The molecule has 2 saturated heterocycles. The van der Waals surface area contributed by atoms with Crippen LogP contribution in [0.5, 0.6) is 0 Å². The summed E-state index contributed by atoms with van der Waals surface area (Å²) in [7, 11) is 0. The Hall–Kier alpha value is -0.650. The van der Waals surface area contributed by atoms with Crippen LogP contribution in [0.3, 0.4) is 0 Å². The average molecular weight is 341 g/mol. The first-order chi connectivity index (χ1) is 11.6. The highest BCUT2D eigenvalue weighted by molar-refractivity contribution is 5.66. The predicted molar refractivity (Wildman–Crippen MR) is 94.0 cm³/mol. The van der Waals surface area contributed by atoms with Gasteiger partial charge in [-0.15, -0.1) is 0 Å². The van der Waals surface area contributed by atoms with Crippen molar-refractivity contribution in [3.05, 3.63) is 0 Å². The summed E-state index contributed by atoms with van der Waals surface area (Å²) < 4.78 is 6.13. The number of unbranched alkanes of at least 4 members (excludes halogenated alkanes) is 3. The van der Waals surface area contributed by atoms with E-state index in [-0.39, 0.29) is 6.10 Å². The zero-order chi connectivity index (χ0) is 17.4. The molecule has 5 unspecified atom stereocenters. The highest BCUT2D eigenvalue weighted by Crippen LogP contribution is 2.45. The fourth-order valence-corrected chi connectivity index (χ4v) is 4.42. The average Bonchev–Trinajstić information content (AvgIpc) is 3.12. The molecule has 5 nitrogen and oxygen atoms in total. The lowest BCUT2D eigenvalue weighted by atomic mass is 9.76. The first-order valence-electron chi connectivity index (χ1n) is 9.87. The van der Waals surface area contributed by atoms with Gasteiger partial charge in [0.05, 0.1) is 18.3 Å². The smallest absolute Gasteiger partial charge is 0.303 e. The minimum atomic E-state index is -0.687. The van der Waals surface area contributed by atoms with Crippen molar-refractivity contribution in [3.8, 4) is 0 Å². The summed E-state index contributed by atoms with van der Waals surface area (Å²) in [4.78, 5) is 10.5. The molecule has 2 fully saturated rings. The third-order valence-corrected chi connectivity index (χ3v) is 5.65. The van der Waals surface area contributed by atoms with E-state index in [2.05, 4.69) is 12.2 Å². The van der Waals surface area contributed by atoms with Gasteiger partial charge in [0.2, 0.25) is 0 Å². The molecule has 2 rings (SSSR count). The number of rotatable bonds is 13. The fraction of sp³-hybridized carbons (Fsp3) is 0.947. The monoisotopic (exact) mass is 341 g/mol. The van der Waals surface area contributed by atoms with Gasteiger partial charge in [0.25, 0.3) is 0 Å². The molecule has 0 radical (unpaired) electrons. The van der Waals surface area contributed by atoms with Crippen LogP contribution in [0.15, 0.2) is 0 Å². The van der Waals surface area contributed by atoms with E-state index in [1.54, 1.807) is 0 Å². The van der Waals surface area contributed by atoms with E-state index >= 15 is 0 Å². The lowest BCUT2D eigenvalue weighted by molar-refractivity contribution is -0.137. The molecule has 2 heterocycles. The third kappa shape index (κ3) is 6.01. The summed E-state index contributed by atoms with van der Waals surface area (Å²) in [5, 5.41) is 22.0. The van der Waals surface area contributed by atoms with Crippen molar-refractivity contribution in [2.45, 2.75) is 89.4 Å². The quantitative estimate of drug-likeness (QED) is 0.449. The molecule has 2 aliphatic heterocycles. The second-order valence-electron chi connectivity index (χ2n) is 7.57. The lowest BCUT2D eigenvalue weighted by Gasteiger charge is -2.28. The molecule has 140 valence electrons. The minimum Gasteiger partial charge on any atom is -0.481 e. The van der Waals surface area contributed by atoms with Crippen LogP contribution in [-0.4, -0.2) is 47.6 Å². The Bertz CT molecular complexity index is 376. The van der Waals surface area contributed by atoms with Crippen LogP contribution in [0.1, 0.15) is 71.1 Å². The normalized spacial score (nSPS) is 29.9. The molecule has 0 aliphatic carbocycles. The van der Waals surface area contributed by atoms with Crippen molar-refractivity contribution in [3.63, 3.8) is 0 Å². The van der Waals surface area contributed by atoms with Gasteiger partial charge in [0.1, 0.15) is 0 Å². The van der Waals surface area contributed by atoms with E-state index in [0.29, 0.717) is 37.0 Å². The number of fused-ring (bicyclic) bond motifs is 2. The molecule has 0 aromatic rings. The van der Waals surface area contributed by atoms with Crippen LogP contribution in [0.4, 0.5) is 0 Å². The van der Waals surface area contributed by atoms with Crippen molar-refractivity contribution in [1.29, 1.82) is 0 Å². The van der Waals surface area contributed by atoms with Gasteiger partial charge in [0.15, 0.2) is 0 Å². The van der Waals surface area contributed by atoms with Gasteiger partial charge in [-0.2, -0.15) is 0 Å². The van der Waals surface area contributed by atoms with Crippen molar-refractivity contribution < 1.29 is 19.7 Å². The van der Waals surface area contributed by atoms with E-state index in [0.717, 1.165) is 38.6 Å². The molecule has 0 aromatic carbocycles. The van der Waals surface area contributed by atoms with E-state index in [9.17, 15) is 9.90 Å². The summed E-state index contributed by atoms with van der Waals surface area (Å²) in [6, 6.07) is 0. The number of hydrogen-bond acceptors (Lipinski definition) is 4. The molecule has 2 aliphatic rings. The maximum absolute atomic E-state index is 10.5. The molecule has 2 bridgehead atoms. The number of carboxylic acid groups (broad SMARTS) is 1. The second-order valence-corrected chi connectivity index (χ2v) is 7.57. The molecule has 24 heavy (non-hydrogen) atoms. The third-order valence-electron chi connectivity index (χ3n) is 5.65. The first-order valence-corrected chi connectivity index (χ1v) is 9.87. The number of aliphatic carboxylic acids is 1. The molecule has 0 saturated carbocycles. The Kier molecular flexibility index (Phi) is 8.50. The number of hydrogen-bond donors (Lipinski definition) is 3. The Labute approximate surface area is 146 Å². The summed E-state index contributed by atoms with van der Waals surface area (Å²) >= 11 is 0. The molecular formula is C19H35NO4. The number of aliphatic hydroxyl groups is 1. The van der Waals surface area contributed by atoms with Gasteiger partial charge in [-0.3, -0.25) is 4.79 Å². The zero-order valence-electron chi connectivity index (χ0n) is 15.1. The van der Waals surface area contributed by atoms with Gasteiger partial charge in [-0.25, -0.2) is 0 Å². The van der Waals surface area contributed by atoms with Crippen LogP contribution in [-0.2, 0) is 9.53 Å². The van der Waals surface area contributed by atoms with Crippen LogP contribution < -0.4 is 5.32 Å². The van der Waals surface area contributed by atoms with Gasteiger partial charge >= 0.3 is 5.97 Å². The molecule has 3 N–H and O–H groups in total. The van der Waals surface area contributed by atoms with Gasteiger partial charge in [-0.1, -0.05) is 32.6 Å². The Morgan fingerprint density at radius 3 is 2.58 bits per heavy atom. The molecule has 0 amide bonds. The van der Waals surface area contributed by atoms with Crippen LogP contribution in [0.2, 0.25) is 0 Å². The molecule has 5 heteroatoms. The summed E-state index contributed by atoms with van der Waals surface area (Å²) in [5.41, 5.74) is 0. The maximum atomic E-state index is 10.5. The van der Waals surface area contributed by atoms with Gasteiger partial charge in [-0.05, 0) is 38.0 Å². The largest absolute Gasteiger partial charge is 0.481 e. The topological polar surface area (TPSA) is 78.8 Å². The van der Waals surface area contributed by atoms with Crippen molar-refractivity contribution in [2.75, 3.05) is 13.1 Å². The van der Waals surface area contributed by atoms with E-state index < -0.39 is 5.97 Å². The SMILES string of the molecule is CCCC(O)CNCC1C2CCC(O2)C1CCCCCCC(=O)O. The summed E-state index contributed by atoms with van der Waals surface area (Å²) in [6.07, 6.45) is 10.5. The molecule has 0 spiro atoms. The molecule has 5 atom stereocenters. The highest BCUT2D eigenvalue weighted by atomic mass is 16.5. The van der Waals surface area contributed by atoms with Crippen molar-refractivity contribution in [1.82, 2.24) is 5.32 Å².